The van der Waals surface area contributed by atoms with Crippen LogP contribution >= 0.6 is 0 Å². The number of carbonyl (C=O) groups excluding carboxylic acids is 2. The van der Waals surface area contributed by atoms with Crippen molar-refractivity contribution in [1.82, 2.24) is 29.6 Å². The first-order chi connectivity index (χ1) is 25.1. The summed E-state index contributed by atoms with van der Waals surface area (Å²) in [6.45, 7) is 7.81. The van der Waals surface area contributed by atoms with E-state index >= 15 is 0 Å². The number of hydrogen-bond acceptors (Lipinski definition) is 8. The van der Waals surface area contributed by atoms with Gasteiger partial charge in [-0.05, 0) is 60.9 Å². The molecule has 0 bridgehead atoms. The second-order valence-electron chi connectivity index (χ2n) is 13.5. The summed E-state index contributed by atoms with van der Waals surface area (Å²) in [4.78, 5) is 40.8. The standard InChI is InChI=1S/C39H38FN9O3/c1-39(2,3)33-21-36(49(47-33)27-10-8-9-26(40)20-27)46-38(51)44-30-13-14-32(29-12-5-4-11-28(29)30)52-24-25-15-16-41-34(19-25)45-35-23-42-31(22-43-35)37(50)48-17-6-7-18-48/h4-5,8-16,19-23H,6-7,17-18,24H2,1-3H3,(H,41,43,45)(H2,44,46,51). The molecule has 1 saturated heterocycles. The summed E-state index contributed by atoms with van der Waals surface area (Å²) >= 11 is 0. The Labute approximate surface area is 300 Å². The normalized spacial score (nSPS) is 12.9. The van der Waals surface area contributed by atoms with Gasteiger partial charge in [-0.2, -0.15) is 5.10 Å². The zero-order valence-corrected chi connectivity index (χ0v) is 29.1. The first kappa shape index (κ1) is 34.1. The largest absolute Gasteiger partial charge is 0.488 e. The van der Waals surface area contributed by atoms with Crippen molar-refractivity contribution in [2.45, 2.75) is 45.6 Å². The number of likely N-dealkylation sites (tertiary alicyclic amines) is 1. The number of benzene rings is 3. The van der Waals surface area contributed by atoms with Crippen molar-refractivity contribution in [3.63, 3.8) is 0 Å². The fraction of sp³-hybridized carbons (Fsp3) is 0.231. The molecule has 3 amide bonds. The summed E-state index contributed by atoms with van der Waals surface area (Å²) < 4.78 is 21.9. The van der Waals surface area contributed by atoms with Gasteiger partial charge in [-0.25, -0.2) is 28.8 Å². The van der Waals surface area contributed by atoms with Gasteiger partial charge in [-0.1, -0.05) is 51.1 Å². The summed E-state index contributed by atoms with van der Waals surface area (Å²) in [6.07, 6.45) is 6.70. The number of urea groups is 1. The number of rotatable bonds is 9. The van der Waals surface area contributed by atoms with Crippen molar-refractivity contribution >= 4 is 45.9 Å². The van der Waals surface area contributed by atoms with Crippen molar-refractivity contribution in [2.75, 3.05) is 29.0 Å². The Morgan fingerprint density at radius 1 is 0.846 bits per heavy atom. The average molecular weight is 700 g/mol. The Balaban J connectivity index is 1.03. The minimum absolute atomic E-state index is 0.103. The zero-order valence-electron chi connectivity index (χ0n) is 29.1. The molecule has 1 aliphatic rings. The molecule has 0 spiro atoms. The van der Waals surface area contributed by atoms with Crippen LogP contribution in [0.1, 0.15) is 55.4 Å². The van der Waals surface area contributed by atoms with Crippen LogP contribution in [0.4, 0.5) is 32.3 Å². The number of anilines is 4. The third-order valence-corrected chi connectivity index (χ3v) is 8.64. The molecule has 3 aromatic carbocycles. The van der Waals surface area contributed by atoms with Crippen molar-refractivity contribution < 1.29 is 18.7 Å². The number of hydrogen-bond donors (Lipinski definition) is 3. The minimum atomic E-state index is -0.480. The Hall–Kier alpha value is -6.37. The van der Waals surface area contributed by atoms with E-state index in [1.165, 1.54) is 29.2 Å². The lowest BCUT2D eigenvalue weighted by atomic mass is 9.92. The molecule has 3 aromatic heterocycles. The fourth-order valence-electron chi connectivity index (χ4n) is 5.93. The van der Waals surface area contributed by atoms with Gasteiger partial charge in [0.25, 0.3) is 5.91 Å². The van der Waals surface area contributed by atoms with E-state index < -0.39 is 11.8 Å². The van der Waals surface area contributed by atoms with Crippen LogP contribution in [0.2, 0.25) is 0 Å². The van der Waals surface area contributed by atoms with E-state index in [1.807, 2.05) is 63.2 Å². The number of nitrogens with zero attached hydrogens (tertiary/aromatic N) is 6. The third kappa shape index (κ3) is 7.68. The molecule has 3 N–H and O–H groups in total. The van der Waals surface area contributed by atoms with E-state index in [2.05, 4.69) is 36.0 Å². The van der Waals surface area contributed by atoms with Gasteiger partial charge in [-0.15, -0.1) is 0 Å². The van der Waals surface area contributed by atoms with Crippen molar-refractivity contribution in [3.8, 4) is 11.4 Å². The minimum Gasteiger partial charge on any atom is -0.488 e. The molecule has 52 heavy (non-hydrogen) atoms. The summed E-state index contributed by atoms with van der Waals surface area (Å²) in [5, 5.41) is 15.3. The van der Waals surface area contributed by atoms with Crippen LogP contribution in [0.25, 0.3) is 16.5 Å². The molecule has 0 atom stereocenters. The Morgan fingerprint density at radius 2 is 1.65 bits per heavy atom. The number of nitrogens with one attached hydrogen (secondary N) is 3. The summed E-state index contributed by atoms with van der Waals surface area (Å²) in [7, 11) is 0. The van der Waals surface area contributed by atoms with Crippen LogP contribution in [0.3, 0.4) is 0 Å². The summed E-state index contributed by atoms with van der Waals surface area (Å²) in [6, 6.07) is 22.3. The molecule has 4 heterocycles. The first-order valence-electron chi connectivity index (χ1n) is 17.0. The maximum atomic E-state index is 14.1. The van der Waals surface area contributed by atoms with Crippen LogP contribution in [-0.4, -0.2) is 54.7 Å². The highest BCUT2D eigenvalue weighted by Crippen LogP contribution is 2.33. The smallest absolute Gasteiger partial charge is 0.324 e. The van der Waals surface area contributed by atoms with Gasteiger partial charge in [-0.3, -0.25) is 10.1 Å². The summed E-state index contributed by atoms with van der Waals surface area (Å²) in [5.74, 6) is 1.55. The highest BCUT2D eigenvalue weighted by Gasteiger charge is 2.23. The number of fused-ring (bicyclic) bond motifs is 1. The van der Waals surface area contributed by atoms with Crippen molar-refractivity contribution in [3.05, 3.63) is 120 Å². The fourth-order valence-corrected chi connectivity index (χ4v) is 5.93. The lowest BCUT2D eigenvalue weighted by Crippen LogP contribution is -2.28. The van der Waals surface area contributed by atoms with Crippen molar-refractivity contribution in [2.24, 2.45) is 0 Å². The molecule has 1 fully saturated rings. The molecule has 1 aliphatic heterocycles. The third-order valence-electron chi connectivity index (χ3n) is 8.64. The molecule has 0 saturated carbocycles. The van der Waals surface area contributed by atoms with Gasteiger partial charge in [0.05, 0.1) is 29.5 Å². The van der Waals surface area contributed by atoms with Crippen LogP contribution in [0.5, 0.6) is 5.75 Å². The van der Waals surface area contributed by atoms with Gasteiger partial charge in [0.2, 0.25) is 0 Å². The molecule has 0 radical (unpaired) electrons. The number of amides is 3. The molecular formula is C39H38FN9O3. The van der Waals surface area contributed by atoms with Gasteiger partial charge in [0.1, 0.15) is 41.3 Å². The number of ether oxygens (including phenoxy) is 1. The second-order valence-corrected chi connectivity index (χ2v) is 13.5. The lowest BCUT2D eigenvalue weighted by Gasteiger charge is -2.15. The SMILES string of the molecule is CC(C)(C)c1cc(NC(=O)Nc2ccc(OCc3ccnc(Nc4cnc(C(=O)N5CCCC5)cn4)c3)c3ccccc23)n(-c2cccc(F)c2)n1. The van der Waals surface area contributed by atoms with E-state index in [-0.39, 0.29) is 17.9 Å². The molecule has 0 unspecified atom stereocenters. The molecule has 6 aromatic rings. The van der Waals surface area contributed by atoms with Crippen LogP contribution in [-0.2, 0) is 12.0 Å². The Morgan fingerprint density at radius 3 is 2.40 bits per heavy atom. The van der Waals surface area contributed by atoms with E-state index in [0.29, 0.717) is 40.3 Å². The van der Waals surface area contributed by atoms with Gasteiger partial charge < -0.3 is 20.3 Å². The van der Waals surface area contributed by atoms with Crippen LogP contribution in [0.15, 0.2) is 97.5 Å². The quantitative estimate of drug-likeness (QED) is 0.139. The lowest BCUT2D eigenvalue weighted by molar-refractivity contribution is 0.0786. The highest BCUT2D eigenvalue weighted by molar-refractivity contribution is 6.07. The Kier molecular flexibility index (Phi) is 9.49. The molecular weight excluding hydrogens is 661 g/mol. The number of carbonyl (C=O) groups is 2. The van der Waals surface area contributed by atoms with Crippen molar-refractivity contribution in [1.29, 1.82) is 0 Å². The van der Waals surface area contributed by atoms with Crippen LogP contribution < -0.4 is 20.7 Å². The predicted molar refractivity (Wildman–Crippen MR) is 198 cm³/mol. The predicted octanol–water partition coefficient (Wildman–Crippen LogP) is 7.85. The van der Waals surface area contributed by atoms with E-state index in [0.717, 1.165) is 48.0 Å². The summed E-state index contributed by atoms with van der Waals surface area (Å²) in [5.41, 5.74) is 2.69. The van der Waals surface area contributed by atoms with E-state index in [4.69, 9.17) is 4.74 Å². The van der Waals surface area contributed by atoms with Gasteiger partial charge in [0, 0.05) is 41.5 Å². The monoisotopic (exact) mass is 699 g/mol. The molecule has 13 heteroatoms. The van der Waals surface area contributed by atoms with Gasteiger partial charge >= 0.3 is 6.03 Å². The second kappa shape index (κ2) is 14.5. The number of pyridine rings is 1. The average Bonchev–Trinajstić information content (AvgIpc) is 3.83. The molecule has 0 aliphatic carbocycles. The molecule has 264 valence electrons. The maximum Gasteiger partial charge on any atom is 0.324 e. The highest BCUT2D eigenvalue weighted by atomic mass is 19.1. The van der Waals surface area contributed by atoms with E-state index in [1.54, 1.807) is 35.4 Å². The maximum absolute atomic E-state index is 14.1. The Bertz CT molecular complexity index is 2240. The van der Waals surface area contributed by atoms with E-state index in [9.17, 15) is 14.0 Å². The van der Waals surface area contributed by atoms with Crippen LogP contribution in [0, 0.1) is 5.82 Å². The topological polar surface area (TPSA) is 139 Å². The van der Waals surface area contributed by atoms with Gasteiger partial charge in [0.15, 0.2) is 0 Å². The molecule has 7 rings (SSSR count). The first-order valence-corrected chi connectivity index (χ1v) is 17.0. The number of halogens is 1. The number of aromatic nitrogens is 5. The zero-order chi connectivity index (χ0) is 36.2. The molecule has 12 nitrogen and oxygen atoms in total.